The van der Waals surface area contributed by atoms with Gasteiger partial charge in [-0.25, -0.2) is 0 Å². The van der Waals surface area contributed by atoms with E-state index in [2.05, 4.69) is 20.8 Å². The molecule has 1 aromatic rings. The lowest BCUT2D eigenvalue weighted by atomic mass is 9.83. The number of hydrogen-bond donors (Lipinski definition) is 0. The topological polar surface area (TPSA) is 33.0 Å². The van der Waals surface area contributed by atoms with Gasteiger partial charge in [-0.05, 0) is 29.5 Å². The first kappa shape index (κ1) is 11.6. The summed E-state index contributed by atoms with van der Waals surface area (Å²) in [5.74, 6) is 0.607. The van der Waals surface area contributed by atoms with E-state index in [1.807, 2.05) is 24.3 Å². The Labute approximate surface area is 91.5 Å². The minimum absolute atomic E-state index is 0.331. The predicted octanol–water partition coefficient (Wildman–Crippen LogP) is 3.53. The lowest BCUT2D eigenvalue weighted by Gasteiger charge is -2.22. The van der Waals surface area contributed by atoms with E-state index in [4.69, 9.17) is 10.00 Å². The molecule has 0 saturated carbocycles. The van der Waals surface area contributed by atoms with Crippen molar-refractivity contribution in [3.05, 3.63) is 29.8 Å². The van der Waals surface area contributed by atoms with Crippen LogP contribution in [0.5, 0.6) is 5.75 Å². The summed E-state index contributed by atoms with van der Waals surface area (Å²) in [6, 6.07) is 7.71. The number of nitrogens with zero attached hydrogens (tertiary/aromatic N) is 1. The van der Waals surface area contributed by atoms with Crippen molar-refractivity contribution in [2.75, 3.05) is 0 Å². The molecule has 0 aliphatic carbocycles. The van der Waals surface area contributed by atoms with E-state index in [0.717, 1.165) is 12.8 Å². The quantitative estimate of drug-likeness (QED) is 0.701. The van der Waals surface area contributed by atoms with E-state index in [-0.39, 0.29) is 0 Å². The number of hydrogen-bond acceptors (Lipinski definition) is 2. The van der Waals surface area contributed by atoms with Gasteiger partial charge in [0.15, 0.2) is 0 Å². The average molecular weight is 203 g/mol. The van der Waals surface area contributed by atoms with Crippen molar-refractivity contribution in [2.24, 2.45) is 5.41 Å². The molecule has 0 N–H and O–H groups in total. The van der Waals surface area contributed by atoms with Crippen LogP contribution in [0.2, 0.25) is 0 Å². The molecular weight excluding hydrogens is 186 g/mol. The third-order valence-corrected chi connectivity index (χ3v) is 2.73. The van der Waals surface area contributed by atoms with Crippen molar-refractivity contribution in [1.82, 2.24) is 0 Å². The third-order valence-electron chi connectivity index (χ3n) is 2.73. The van der Waals surface area contributed by atoms with Crippen molar-refractivity contribution < 1.29 is 4.74 Å². The lowest BCUT2D eigenvalue weighted by Crippen LogP contribution is -2.13. The number of ether oxygens (including phenoxy) is 1. The van der Waals surface area contributed by atoms with Gasteiger partial charge in [-0.2, -0.15) is 0 Å². The van der Waals surface area contributed by atoms with Crippen molar-refractivity contribution in [2.45, 2.75) is 33.6 Å². The molecule has 0 amide bonds. The molecule has 0 heterocycles. The van der Waals surface area contributed by atoms with Gasteiger partial charge in [0.1, 0.15) is 5.75 Å². The van der Waals surface area contributed by atoms with Crippen LogP contribution in [0.1, 0.15) is 32.8 Å². The summed E-state index contributed by atoms with van der Waals surface area (Å²) in [6.07, 6.45) is 3.87. The molecule has 0 bridgehead atoms. The second-order valence-corrected chi connectivity index (χ2v) is 4.53. The zero-order valence-electron chi connectivity index (χ0n) is 9.58. The van der Waals surface area contributed by atoms with Crippen LogP contribution in [0.3, 0.4) is 0 Å². The molecule has 0 spiro atoms. The smallest absolute Gasteiger partial charge is 0.292 e. The zero-order chi connectivity index (χ0) is 11.3. The maximum atomic E-state index is 8.34. The minimum Gasteiger partial charge on any atom is -0.388 e. The van der Waals surface area contributed by atoms with E-state index in [9.17, 15) is 0 Å². The van der Waals surface area contributed by atoms with Gasteiger partial charge in [0.2, 0.25) is 0 Å². The lowest BCUT2D eigenvalue weighted by molar-refractivity contribution is 0.349. The van der Waals surface area contributed by atoms with Gasteiger partial charge in [0, 0.05) is 0 Å². The van der Waals surface area contributed by atoms with E-state index in [1.165, 1.54) is 5.56 Å². The summed E-state index contributed by atoms with van der Waals surface area (Å²) in [5, 5.41) is 8.34. The third kappa shape index (κ3) is 3.63. The van der Waals surface area contributed by atoms with Gasteiger partial charge in [-0.1, -0.05) is 39.3 Å². The highest BCUT2D eigenvalue weighted by atomic mass is 16.5. The van der Waals surface area contributed by atoms with Crippen molar-refractivity contribution >= 4 is 0 Å². The summed E-state index contributed by atoms with van der Waals surface area (Å²) >= 11 is 0. The highest BCUT2D eigenvalue weighted by Gasteiger charge is 2.15. The molecule has 0 atom stereocenters. The second-order valence-electron chi connectivity index (χ2n) is 4.53. The fourth-order valence-electron chi connectivity index (χ4n) is 1.41. The van der Waals surface area contributed by atoms with Crippen LogP contribution >= 0.6 is 0 Å². The number of rotatable bonds is 4. The Balaban J connectivity index is 2.69. The fraction of sp³-hybridized carbons (Fsp3) is 0.462. The normalized spacial score (nSPS) is 10.8. The van der Waals surface area contributed by atoms with E-state index < -0.39 is 0 Å². The van der Waals surface area contributed by atoms with Crippen molar-refractivity contribution in [3.8, 4) is 12.0 Å². The number of nitriles is 1. The number of benzene rings is 1. The first-order valence-electron chi connectivity index (χ1n) is 5.22. The largest absolute Gasteiger partial charge is 0.388 e. The molecular formula is C13H17NO. The minimum atomic E-state index is 0.331. The summed E-state index contributed by atoms with van der Waals surface area (Å²) in [4.78, 5) is 0. The SMILES string of the molecule is CCC(C)(C)Cc1ccc(OC#N)cc1. The standard InChI is InChI=1S/C13H17NO/c1-4-13(2,3)9-11-5-7-12(8-6-11)15-10-14/h5-8H,4,9H2,1-3H3. The van der Waals surface area contributed by atoms with Crippen LogP contribution < -0.4 is 4.74 Å². The van der Waals surface area contributed by atoms with Crippen molar-refractivity contribution in [3.63, 3.8) is 0 Å². The van der Waals surface area contributed by atoms with Crippen molar-refractivity contribution in [1.29, 1.82) is 5.26 Å². The molecule has 15 heavy (non-hydrogen) atoms. The summed E-state index contributed by atoms with van der Waals surface area (Å²) in [7, 11) is 0. The Bertz CT molecular complexity index is 346. The molecule has 0 aliphatic heterocycles. The highest BCUT2D eigenvalue weighted by molar-refractivity contribution is 5.28. The molecule has 2 heteroatoms. The maximum absolute atomic E-state index is 8.34. The Hall–Kier alpha value is -1.49. The maximum Gasteiger partial charge on any atom is 0.292 e. The average Bonchev–Trinajstić information content (AvgIpc) is 2.21. The zero-order valence-corrected chi connectivity index (χ0v) is 9.58. The van der Waals surface area contributed by atoms with Crippen LogP contribution in [-0.2, 0) is 6.42 Å². The van der Waals surface area contributed by atoms with Gasteiger partial charge < -0.3 is 4.74 Å². The van der Waals surface area contributed by atoms with Gasteiger partial charge in [0.05, 0.1) is 0 Å². The Morgan fingerprint density at radius 3 is 2.33 bits per heavy atom. The molecule has 0 aliphatic rings. The summed E-state index contributed by atoms with van der Waals surface area (Å²) in [5.41, 5.74) is 1.62. The molecule has 1 aromatic carbocycles. The highest BCUT2D eigenvalue weighted by Crippen LogP contribution is 2.26. The Morgan fingerprint density at radius 1 is 1.27 bits per heavy atom. The van der Waals surface area contributed by atoms with Gasteiger partial charge in [-0.15, -0.1) is 5.26 Å². The first-order chi connectivity index (χ1) is 7.07. The Morgan fingerprint density at radius 2 is 1.87 bits per heavy atom. The van der Waals surface area contributed by atoms with E-state index in [1.54, 1.807) is 6.26 Å². The van der Waals surface area contributed by atoms with Crippen LogP contribution in [-0.4, -0.2) is 0 Å². The molecule has 0 aromatic heterocycles. The van der Waals surface area contributed by atoms with Crippen LogP contribution in [0.15, 0.2) is 24.3 Å². The molecule has 80 valence electrons. The molecule has 2 nitrogen and oxygen atoms in total. The summed E-state index contributed by atoms with van der Waals surface area (Å²) < 4.78 is 4.72. The molecule has 0 radical (unpaired) electrons. The molecule has 1 rings (SSSR count). The fourth-order valence-corrected chi connectivity index (χ4v) is 1.41. The molecule has 0 unspecified atom stereocenters. The van der Waals surface area contributed by atoms with Gasteiger partial charge >= 0.3 is 0 Å². The first-order valence-corrected chi connectivity index (χ1v) is 5.22. The monoisotopic (exact) mass is 203 g/mol. The van der Waals surface area contributed by atoms with Crippen LogP contribution in [0.25, 0.3) is 0 Å². The second kappa shape index (κ2) is 4.84. The Kier molecular flexibility index (Phi) is 3.74. The molecule has 0 saturated heterocycles. The van der Waals surface area contributed by atoms with E-state index >= 15 is 0 Å². The van der Waals surface area contributed by atoms with Crippen LogP contribution in [0.4, 0.5) is 0 Å². The van der Waals surface area contributed by atoms with Gasteiger partial charge in [-0.3, -0.25) is 0 Å². The van der Waals surface area contributed by atoms with Crippen LogP contribution in [0, 0.1) is 16.9 Å². The predicted molar refractivity (Wildman–Crippen MR) is 60.5 cm³/mol. The van der Waals surface area contributed by atoms with E-state index in [0.29, 0.717) is 11.2 Å². The molecule has 0 fully saturated rings. The summed E-state index contributed by atoms with van der Waals surface area (Å²) in [6.45, 7) is 6.71. The van der Waals surface area contributed by atoms with Gasteiger partial charge in [0.25, 0.3) is 6.26 Å².